The summed E-state index contributed by atoms with van der Waals surface area (Å²) in [7, 11) is 0. The van der Waals surface area contributed by atoms with Gasteiger partial charge in [-0.3, -0.25) is 4.57 Å². The van der Waals surface area contributed by atoms with Gasteiger partial charge in [0.2, 0.25) is 0 Å². The van der Waals surface area contributed by atoms with Crippen molar-refractivity contribution < 1.29 is 37.2 Å². The van der Waals surface area contributed by atoms with E-state index in [9.17, 15) is 2.74 Å². The first-order valence-electron chi connectivity index (χ1n) is 24.3. The zero-order valence-corrected chi connectivity index (χ0v) is 40.1. The van der Waals surface area contributed by atoms with Crippen LogP contribution in [0, 0.1) is 18.5 Å². The van der Waals surface area contributed by atoms with E-state index >= 15 is 0 Å². The first kappa shape index (κ1) is 37.8. The topological polar surface area (TPSA) is 35.9 Å². The molecule has 65 heavy (non-hydrogen) atoms. The Hall–Kier alpha value is -6.55. The van der Waals surface area contributed by atoms with Gasteiger partial charge >= 0.3 is 0 Å². The number of pyridine rings is 1. The monoisotopic (exact) mass is 1030 g/mol. The SMILES string of the molecule is [2H]c1c([2H])c([2H])c(-c2cccc(-c3cc(C(C)(C)C)cc(C(C)(C)C)c3)c2-[n+]2[c-]n(-c3[c-]c(Oc4[c-]c5c(cc4)c4ccccc4n5-c4cc(C(C)C)ccn4)ccc3)c3ccccc32)c([2H])c1[2H].[Pt]. The molecule has 7 aromatic carbocycles. The molecule has 10 aromatic rings. The third-order valence-electron chi connectivity index (χ3n) is 12.0. The Morgan fingerprint density at radius 1 is 0.646 bits per heavy atom. The number of para-hydroxylation sites is 4. The molecule has 10 rings (SSSR count). The Balaban J connectivity index is 0.00000608. The Morgan fingerprint density at radius 3 is 2.03 bits per heavy atom. The van der Waals surface area contributed by atoms with Crippen LogP contribution in [-0.2, 0) is 31.9 Å². The average molecular weight is 1030 g/mol. The summed E-state index contributed by atoms with van der Waals surface area (Å²) in [6, 6.07) is 47.9. The molecule has 3 heterocycles. The van der Waals surface area contributed by atoms with Crippen molar-refractivity contribution in [1.82, 2.24) is 14.1 Å². The minimum Gasteiger partial charge on any atom is -0.510 e. The summed E-state index contributed by atoms with van der Waals surface area (Å²) in [5, 5.41) is 2.13. The third-order valence-corrected chi connectivity index (χ3v) is 12.0. The Labute approximate surface area is 404 Å². The van der Waals surface area contributed by atoms with Crippen LogP contribution in [0.2, 0.25) is 0 Å². The van der Waals surface area contributed by atoms with E-state index in [4.69, 9.17) is 13.8 Å². The normalized spacial score (nSPS) is 13.1. The standard InChI is InChI=1S/C59H52N4O.Pt/c1-39(2)41-30-31-60-56(34-41)63-52-25-13-12-22-50(52)51-29-28-47(37-55(51)63)64-46-21-16-20-45(36-46)61-38-62(54-27-15-14-26-53(54)61)57-48(40-18-10-9-11-19-40)23-17-24-49(57)42-32-43(58(3,4)5)35-44(33-42)59(6,7)8;/h9-35,39H,1-8H3;/q-2;/i9D,10D,11D,18D,19D;. The molecule has 0 saturated carbocycles. The Morgan fingerprint density at radius 2 is 1.31 bits per heavy atom. The quantitative estimate of drug-likeness (QED) is 0.112. The van der Waals surface area contributed by atoms with Gasteiger partial charge in [-0.05, 0) is 85.0 Å². The molecule has 0 saturated heterocycles. The number of imidazole rings is 1. The average Bonchev–Trinajstić information content (AvgIpc) is 3.88. The molecular weight excluding hydrogens is 976 g/mol. The molecular formula is C59H52N4OPt-2. The minimum atomic E-state index is -0.444. The molecule has 0 aliphatic carbocycles. The van der Waals surface area contributed by atoms with Gasteiger partial charge in [0.25, 0.3) is 6.33 Å². The Kier molecular flexibility index (Phi) is 9.94. The summed E-state index contributed by atoms with van der Waals surface area (Å²) in [4.78, 5) is 4.81. The Bertz CT molecular complexity index is 3610. The van der Waals surface area contributed by atoms with Crippen molar-refractivity contribution in [2.24, 2.45) is 0 Å². The zero-order chi connectivity index (χ0) is 48.7. The largest absolute Gasteiger partial charge is 0.510 e. The molecule has 3 aromatic heterocycles. The molecule has 0 atom stereocenters. The van der Waals surface area contributed by atoms with Gasteiger partial charge in [0.15, 0.2) is 0 Å². The fourth-order valence-corrected chi connectivity index (χ4v) is 8.49. The van der Waals surface area contributed by atoms with E-state index < -0.39 is 18.1 Å². The van der Waals surface area contributed by atoms with E-state index in [1.54, 1.807) is 0 Å². The molecule has 0 N–H and O–H groups in total. The van der Waals surface area contributed by atoms with Crippen molar-refractivity contribution in [3.8, 4) is 50.9 Å². The molecule has 0 amide bonds. The van der Waals surface area contributed by atoms with E-state index in [0.29, 0.717) is 34.4 Å². The van der Waals surface area contributed by atoms with Gasteiger partial charge in [0, 0.05) is 44.3 Å². The number of hydrogen-bond acceptors (Lipinski definition) is 2. The van der Waals surface area contributed by atoms with E-state index in [0.717, 1.165) is 60.9 Å². The van der Waals surface area contributed by atoms with Gasteiger partial charge in [-0.2, -0.15) is 18.2 Å². The molecule has 0 fully saturated rings. The first-order chi connectivity index (χ1) is 32.9. The number of hydrogen-bond donors (Lipinski definition) is 0. The van der Waals surface area contributed by atoms with Crippen LogP contribution in [0.4, 0.5) is 0 Å². The predicted octanol–water partition coefficient (Wildman–Crippen LogP) is 14.6. The van der Waals surface area contributed by atoms with Crippen molar-refractivity contribution in [2.75, 3.05) is 0 Å². The number of benzene rings is 7. The molecule has 0 radical (unpaired) electrons. The zero-order valence-electron chi connectivity index (χ0n) is 42.8. The maximum atomic E-state index is 9.19. The van der Waals surface area contributed by atoms with Crippen LogP contribution in [0.25, 0.3) is 72.3 Å². The van der Waals surface area contributed by atoms with Crippen LogP contribution >= 0.6 is 0 Å². The summed E-state index contributed by atoms with van der Waals surface area (Å²) in [6.07, 6.45) is 5.52. The summed E-state index contributed by atoms with van der Waals surface area (Å²) >= 11 is 0. The van der Waals surface area contributed by atoms with Crippen molar-refractivity contribution in [3.63, 3.8) is 0 Å². The van der Waals surface area contributed by atoms with Crippen LogP contribution in [0.3, 0.4) is 0 Å². The maximum absolute atomic E-state index is 9.19. The fourth-order valence-electron chi connectivity index (χ4n) is 8.49. The second-order valence-corrected chi connectivity index (χ2v) is 18.8. The molecule has 5 nitrogen and oxygen atoms in total. The van der Waals surface area contributed by atoms with Gasteiger partial charge in [0.1, 0.15) is 5.82 Å². The molecule has 0 bridgehead atoms. The number of ether oxygens (including phenoxy) is 1. The first-order valence-corrected chi connectivity index (χ1v) is 21.8. The molecule has 6 heteroatoms. The number of rotatable bonds is 8. The van der Waals surface area contributed by atoms with Crippen molar-refractivity contribution >= 4 is 32.8 Å². The molecule has 0 spiro atoms. The predicted molar refractivity (Wildman–Crippen MR) is 262 cm³/mol. The smallest absolute Gasteiger partial charge is 0.268 e. The summed E-state index contributed by atoms with van der Waals surface area (Å²) in [6.45, 7) is 17.6. The molecule has 0 aliphatic rings. The molecule has 326 valence electrons. The van der Waals surface area contributed by atoms with Crippen LogP contribution in [-0.4, -0.2) is 14.1 Å². The van der Waals surface area contributed by atoms with Gasteiger partial charge in [0.05, 0.1) is 23.6 Å². The van der Waals surface area contributed by atoms with E-state index in [1.165, 1.54) is 5.56 Å². The molecule has 0 aliphatic heterocycles. The second kappa shape index (κ2) is 17.1. The number of fused-ring (bicyclic) bond motifs is 4. The number of nitrogens with zero attached hydrogens (tertiary/aromatic N) is 4. The van der Waals surface area contributed by atoms with Gasteiger partial charge < -0.3 is 13.9 Å². The van der Waals surface area contributed by atoms with E-state index in [-0.39, 0.29) is 49.5 Å². The van der Waals surface area contributed by atoms with Crippen molar-refractivity contribution in [1.29, 1.82) is 0 Å². The van der Waals surface area contributed by atoms with Gasteiger partial charge in [-0.1, -0.05) is 170 Å². The van der Waals surface area contributed by atoms with Crippen LogP contribution in [0.1, 0.15) is 84.9 Å². The second-order valence-electron chi connectivity index (χ2n) is 18.8. The van der Waals surface area contributed by atoms with E-state index in [1.807, 2.05) is 94.2 Å². The third kappa shape index (κ3) is 8.24. The summed E-state index contributed by atoms with van der Waals surface area (Å²) in [5.41, 5.74) is 10.2. The van der Waals surface area contributed by atoms with Crippen LogP contribution < -0.4 is 9.30 Å². The maximum Gasteiger partial charge on any atom is 0.268 e. The van der Waals surface area contributed by atoms with Crippen molar-refractivity contribution in [2.45, 2.75) is 72.1 Å². The minimum absolute atomic E-state index is 0. The van der Waals surface area contributed by atoms with Gasteiger partial charge in [-0.15, -0.1) is 29.7 Å². The van der Waals surface area contributed by atoms with Gasteiger partial charge in [-0.25, -0.2) is 4.98 Å². The van der Waals surface area contributed by atoms with E-state index in [2.05, 4.69) is 127 Å². The molecule has 0 unspecified atom stereocenters. The van der Waals surface area contributed by atoms with Crippen LogP contribution in [0.15, 0.2) is 164 Å². The van der Waals surface area contributed by atoms with Crippen LogP contribution in [0.5, 0.6) is 11.5 Å². The summed E-state index contributed by atoms with van der Waals surface area (Å²) in [5.74, 6) is 2.13. The fraction of sp³-hybridized carbons (Fsp3) is 0.186. The number of aromatic nitrogens is 4. The van der Waals surface area contributed by atoms with Crippen molar-refractivity contribution in [3.05, 3.63) is 199 Å². The summed E-state index contributed by atoms with van der Waals surface area (Å²) < 4.78 is 56.9.